The first-order valence-corrected chi connectivity index (χ1v) is 15.0. The summed E-state index contributed by atoms with van der Waals surface area (Å²) >= 11 is 13.3. The first kappa shape index (κ1) is 31.5. The van der Waals surface area contributed by atoms with E-state index in [1.165, 1.54) is 12.8 Å². The minimum absolute atomic E-state index is 0.215. The molecule has 2 aromatic rings. The maximum atomic E-state index is 11.1. The van der Waals surface area contributed by atoms with E-state index in [9.17, 15) is 10.2 Å². The van der Waals surface area contributed by atoms with E-state index in [2.05, 4.69) is 61.2 Å². The van der Waals surface area contributed by atoms with E-state index < -0.39 is 5.97 Å². The quantitative estimate of drug-likeness (QED) is 0.433. The Morgan fingerprint density at radius 1 is 0.846 bits per heavy atom. The number of carboxylic acid groups (broad SMARTS) is 1. The van der Waals surface area contributed by atoms with Crippen LogP contribution in [0.25, 0.3) is 0 Å². The van der Waals surface area contributed by atoms with Gasteiger partial charge in [0, 0.05) is 5.97 Å². The van der Waals surface area contributed by atoms with Gasteiger partial charge in [0.25, 0.3) is 0 Å². The minimum atomic E-state index is -1.08. The van der Waals surface area contributed by atoms with Gasteiger partial charge < -0.3 is 9.90 Å². The van der Waals surface area contributed by atoms with E-state index in [1.807, 2.05) is 24.3 Å². The van der Waals surface area contributed by atoms with Crippen molar-refractivity contribution >= 4 is 41.6 Å². The number of hydrogen-bond donors (Lipinski definition) is 2. The molecule has 9 heteroatoms. The van der Waals surface area contributed by atoms with Crippen molar-refractivity contribution in [2.75, 3.05) is 0 Å². The molecule has 2 aliphatic rings. The SMILES string of the molecule is CC(=O)[O-].CC(C)(C)c1cc(Cl)cc(C=[N+]2[Mn][N+](=Cc3cc(Cl)cc(C(C)(C)C)c3O)C3CCCCC32)c1O. The Hall–Kier alpha value is -2.05. The molecule has 0 bridgehead atoms. The summed E-state index contributed by atoms with van der Waals surface area (Å²) in [6.45, 7) is 13.5. The van der Waals surface area contributed by atoms with Crippen molar-refractivity contribution in [3.8, 4) is 11.5 Å². The summed E-state index contributed by atoms with van der Waals surface area (Å²) in [6, 6.07) is 8.11. The van der Waals surface area contributed by atoms with Crippen molar-refractivity contribution in [1.29, 1.82) is 0 Å². The number of fused-ring (bicyclic) bond motifs is 1. The van der Waals surface area contributed by atoms with Crippen molar-refractivity contribution < 1.29 is 42.7 Å². The van der Waals surface area contributed by atoms with E-state index in [4.69, 9.17) is 33.1 Å². The fraction of sp³-hybridized carbons (Fsp3) is 0.500. The Morgan fingerprint density at radius 3 is 1.49 bits per heavy atom. The van der Waals surface area contributed by atoms with Gasteiger partial charge in [-0.15, -0.1) is 0 Å². The zero-order valence-corrected chi connectivity index (χ0v) is 26.4. The van der Waals surface area contributed by atoms with Gasteiger partial charge in [-0.25, -0.2) is 0 Å². The summed E-state index contributed by atoms with van der Waals surface area (Å²) in [5, 5.41) is 32.3. The van der Waals surface area contributed by atoms with Gasteiger partial charge in [0.1, 0.15) is 0 Å². The van der Waals surface area contributed by atoms with Gasteiger partial charge in [-0.2, -0.15) is 0 Å². The molecule has 2 unspecified atom stereocenters. The number of rotatable bonds is 2. The summed E-state index contributed by atoms with van der Waals surface area (Å²) in [5.41, 5.74) is 2.77. The van der Waals surface area contributed by atoms with Crippen molar-refractivity contribution in [2.45, 2.75) is 97.1 Å². The summed E-state index contributed by atoms with van der Waals surface area (Å²) in [6.07, 6.45) is 8.73. The van der Waals surface area contributed by atoms with Crippen LogP contribution in [-0.4, -0.2) is 47.9 Å². The topological polar surface area (TPSA) is 86.6 Å². The molecule has 2 atom stereocenters. The number of aliphatic carboxylic acids is 1. The van der Waals surface area contributed by atoms with Crippen molar-refractivity contribution in [3.63, 3.8) is 0 Å². The second-order valence-corrected chi connectivity index (χ2v) is 14.5. The summed E-state index contributed by atoms with van der Waals surface area (Å²) in [4.78, 5) is 8.89. The number of halogens is 2. The monoisotopic (exact) mass is 616 g/mol. The van der Waals surface area contributed by atoms with Gasteiger partial charge >= 0.3 is 227 Å². The maximum absolute atomic E-state index is 11.1. The number of carboxylic acids is 1. The molecule has 1 saturated carbocycles. The molecule has 1 aliphatic heterocycles. The molecule has 1 saturated heterocycles. The third kappa shape index (κ3) is 7.79. The van der Waals surface area contributed by atoms with Crippen LogP contribution in [0.15, 0.2) is 24.3 Å². The number of benzene rings is 2. The molecule has 213 valence electrons. The predicted octanol–water partition coefficient (Wildman–Crippen LogP) is 5.56. The second kappa shape index (κ2) is 12.2. The Morgan fingerprint density at radius 2 is 1.18 bits per heavy atom. The van der Waals surface area contributed by atoms with Crippen LogP contribution in [0.3, 0.4) is 0 Å². The molecule has 4 rings (SSSR count). The van der Waals surface area contributed by atoms with Gasteiger partial charge in [-0.05, 0) is 6.92 Å². The van der Waals surface area contributed by atoms with E-state index in [1.54, 1.807) is 0 Å². The van der Waals surface area contributed by atoms with Gasteiger partial charge in [0.15, 0.2) is 0 Å². The third-order valence-corrected chi connectivity index (χ3v) is 8.92. The van der Waals surface area contributed by atoms with Gasteiger partial charge in [0.05, 0.1) is 0 Å². The number of carbonyl (C=O) groups excluding carboxylic acids is 1. The number of nitrogens with zero attached hydrogens (tertiary/aromatic N) is 2. The van der Waals surface area contributed by atoms with Gasteiger partial charge in [-0.1, -0.05) is 0 Å². The molecule has 1 aliphatic carbocycles. The molecule has 39 heavy (non-hydrogen) atoms. The second-order valence-electron chi connectivity index (χ2n) is 12.2. The van der Waals surface area contributed by atoms with Gasteiger partial charge in [0.2, 0.25) is 0 Å². The Balaban J connectivity index is 0.000000983. The molecule has 0 spiro atoms. The fourth-order valence-electron chi connectivity index (χ4n) is 4.96. The Bertz CT molecular complexity index is 1210. The molecule has 0 aromatic heterocycles. The van der Waals surface area contributed by atoms with Crippen LogP contribution in [0.4, 0.5) is 0 Å². The molecule has 1 heterocycles. The molecule has 2 fully saturated rings. The van der Waals surface area contributed by atoms with Crippen LogP contribution in [0.1, 0.15) is 96.4 Å². The third-order valence-electron chi connectivity index (χ3n) is 6.85. The number of phenols is 2. The normalized spacial score (nSPS) is 21.5. The number of carbonyl (C=O) groups is 1. The average molecular weight is 617 g/mol. The standard InChI is InChI=1S/C28H36Cl2N2O2.C2H4O2.Mn/c1-27(2,3)21-13-19(29)11-17(25(21)33)15-31-23-9-7-8-10-24(23)32-16-18-12-20(30)14-22(26(18)34)28(4,5)6;1-2(3)4;/h11-16,23-24,33-34H,7-10H2,1-6H3;1H3,(H,3,4);/q;;+2/p-1. The molecular weight excluding hydrogens is 578 g/mol. The number of phenolic OH excluding ortho intramolecular Hbond substituents is 2. The number of aromatic hydroxyl groups is 2. The summed E-state index contributed by atoms with van der Waals surface area (Å²) in [7, 11) is 0. The van der Waals surface area contributed by atoms with Crippen molar-refractivity contribution in [2.24, 2.45) is 0 Å². The zero-order chi connectivity index (χ0) is 29.3. The Labute approximate surface area is 248 Å². The van der Waals surface area contributed by atoms with Crippen LogP contribution >= 0.6 is 23.2 Å². The van der Waals surface area contributed by atoms with Crippen LogP contribution < -0.4 is 5.11 Å². The van der Waals surface area contributed by atoms with E-state index in [0.717, 1.165) is 42.0 Å². The predicted molar refractivity (Wildman–Crippen MR) is 151 cm³/mol. The summed E-state index contributed by atoms with van der Waals surface area (Å²) < 4.78 is 4.71. The average Bonchev–Trinajstić information content (AvgIpc) is 3.13. The molecule has 6 nitrogen and oxygen atoms in total. The molecular formula is C30H39Cl2MnN2O4+. The van der Waals surface area contributed by atoms with Crippen LogP contribution in [0.5, 0.6) is 11.5 Å². The molecule has 2 aromatic carbocycles. The first-order chi connectivity index (χ1) is 18.0. The molecule has 0 radical (unpaired) electrons. The van der Waals surface area contributed by atoms with Crippen molar-refractivity contribution in [1.82, 2.24) is 0 Å². The van der Waals surface area contributed by atoms with E-state index in [-0.39, 0.29) is 10.8 Å². The fourth-order valence-corrected chi connectivity index (χ4v) is 7.26. The van der Waals surface area contributed by atoms with Gasteiger partial charge in [-0.3, -0.25) is 0 Å². The molecule has 0 amide bonds. The van der Waals surface area contributed by atoms with E-state index >= 15 is 0 Å². The number of hydrogen-bond acceptors (Lipinski definition) is 4. The van der Waals surface area contributed by atoms with Crippen LogP contribution in [-0.2, 0) is 31.0 Å². The first-order valence-electron chi connectivity index (χ1n) is 13.1. The molecule has 2 N–H and O–H groups in total. The van der Waals surface area contributed by atoms with Crippen molar-refractivity contribution in [3.05, 3.63) is 56.6 Å². The van der Waals surface area contributed by atoms with E-state index in [0.29, 0.717) is 49.0 Å². The Kier molecular flexibility index (Phi) is 9.86. The van der Waals surface area contributed by atoms with Crippen LogP contribution in [0.2, 0.25) is 10.0 Å². The zero-order valence-electron chi connectivity index (χ0n) is 23.7. The van der Waals surface area contributed by atoms with Crippen LogP contribution in [0, 0.1) is 0 Å². The summed E-state index contributed by atoms with van der Waals surface area (Å²) in [5.74, 6) is -0.492.